The number of halogens is 1. The molecule has 1 aliphatic rings. The zero-order valence-electron chi connectivity index (χ0n) is 21.2. The van der Waals surface area contributed by atoms with Gasteiger partial charge in [0.25, 0.3) is 11.8 Å². The number of fused-ring (bicyclic) bond motifs is 5. The van der Waals surface area contributed by atoms with Crippen LogP contribution in [0.25, 0.3) is 32.9 Å². The first-order valence-electron chi connectivity index (χ1n) is 12.1. The molecule has 1 aliphatic heterocycles. The molecule has 39 heavy (non-hydrogen) atoms. The lowest BCUT2D eigenvalue weighted by molar-refractivity contribution is -0.119. The fourth-order valence-corrected chi connectivity index (χ4v) is 6.28. The Morgan fingerprint density at radius 3 is 2.46 bits per heavy atom. The molecule has 0 unspecified atom stereocenters. The van der Waals surface area contributed by atoms with Crippen LogP contribution in [0.5, 0.6) is 0 Å². The number of anilines is 1. The zero-order chi connectivity index (χ0) is 28.1. The number of nitrogens with zero attached hydrogens (tertiary/aromatic N) is 2. The molecule has 0 spiro atoms. The van der Waals surface area contributed by atoms with Gasteiger partial charge in [-0.2, -0.15) is 0 Å². The average molecular weight is 568 g/mol. The van der Waals surface area contributed by atoms with Crippen LogP contribution in [0.4, 0.5) is 5.69 Å². The maximum Gasteiger partial charge on any atom is 0.259 e. The number of aromatic nitrogens is 1. The second-order valence-electron chi connectivity index (χ2n) is 9.66. The van der Waals surface area contributed by atoms with Gasteiger partial charge >= 0.3 is 0 Å². The van der Waals surface area contributed by atoms with E-state index in [-0.39, 0.29) is 36.4 Å². The highest BCUT2D eigenvalue weighted by Crippen LogP contribution is 2.42. The van der Waals surface area contributed by atoms with Crippen molar-refractivity contribution in [1.29, 1.82) is 0 Å². The standard InChI is InChI=1S/C27H26ClN5O5S/c1-32(2)11-12-39(37,38)31-22(34)9-10-33-20-8-7-15(29)13-18(20)23-21(33)14-17(16-5-3-4-6-19(16)28)24-25(23)27(36)30-26(24)35/h3-8,13-14H,9-12,29H2,1-2H3,(H,31,34)(H,30,35,36). The van der Waals surface area contributed by atoms with Gasteiger partial charge in [-0.1, -0.05) is 29.8 Å². The summed E-state index contributed by atoms with van der Waals surface area (Å²) in [6, 6.07) is 14.0. The summed E-state index contributed by atoms with van der Waals surface area (Å²) >= 11 is 6.49. The second-order valence-corrected chi connectivity index (χ2v) is 11.9. The summed E-state index contributed by atoms with van der Waals surface area (Å²) in [7, 11) is -0.311. The van der Waals surface area contributed by atoms with Gasteiger partial charge in [-0.05, 0) is 50.0 Å². The molecular formula is C27H26ClN5O5S. The number of benzene rings is 3. The monoisotopic (exact) mass is 567 g/mol. The minimum atomic E-state index is -3.80. The number of amides is 3. The second kappa shape index (κ2) is 9.99. The van der Waals surface area contributed by atoms with Crippen LogP contribution in [0.2, 0.25) is 5.02 Å². The summed E-state index contributed by atoms with van der Waals surface area (Å²) in [6.07, 6.45) is -0.145. The predicted molar refractivity (Wildman–Crippen MR) is 151 cm³/mol. The van der Waals surface area contributed by atoms with Crippen LogP contribution in [0, 0.1) is 0 Å². The molecule has 12 heteroatoms. The van der Waals surface area contributed by atoms with Gasteiger partial charge in [0.05, 0.1) is 22.4 Å². The molecule has 4 N–H and O–H groups in total. The lowest BCUT2D eigenvalue weighted by Gasteiger charge is -2.13. The van der Waals surface area contributed by atoms with Gasteiger partial charge in [0, 0.05) is 52.1 Å². The minimum Gasteiger partial charge on any atom is -0.399 e. The van der Waals surface area contributed by atoms with Crippen molar-refractivity contribution in [2.45, 2.75) is 13.0 Å². The molecule has 5 rings (SSSR count). The quantitative estimate of drug-likeness (QED) is 0.219. The van der Waals surface area contributed by atoms with E-state index in [1.807, 2.05) is 4.57 Å². The van der Waals surface area contributed by atoms with Crippen LogP contribution < -0.4 is 15.8 Å². The van der Waals surface area contributed by atoms with Gasteiger partial charge in [-0.25, -0.2) is 8.42 Å². The number of carbonyl (C=O) groups excluding carboxylic acids is 3. The van der Waals surface area contributed by atoms with Crippen molar-refractivity contribution in [2.24, 2.45) is 0 Å². The molecule has 4 aromatic rings. The molecule has 3 amide bonds. The van der Waals surface area contributed by atoms with Gasteiger partial charge in [0.2, 0.25) is 15.9 Å². The highest BCUT2D eigenvalue weighted by Gasteiger charge is 2.35. The summed E-state index contributed by atoms with van der Waals surface area (Å²) in [5.41, 5.74) is 9.26. The third kappa shape index (κ3) is 4.96. The van der Waals surface area contributed by atoms with Crippen LogP contribution in [-0.2, 0) is 21.4 Å². The largest absolute Gasteiger partial charge is 0.399 e. The maximum atomic E-state index is 13.1. The molecule has 0 saturated heterocycles. The van der Waals surface area contributed by atoms with Crippen LogP contribution in [0.15, 0.2) is 48.5 Å². The summed E-state index contributed by atoms with van der Waals surface area (Å²) in [4.78, 5) is 40.4. The Morgan fingerprint density at radius 1 is 1.03 bits per heavy atom. The number of nitrogen functional groups attached to an aromatic ring is 1. The highest BCUT2D eigenvalue weighted by atomic mass is 35.5. The normalized spacial score (nSPS) is 13.3. The zero-order valence-corrected chi connectivity index (χ0v) is 22.8. The molecule has 0 fully saturated rings. The van der Waals surface area contributed by atoms with E-state index in [2.05, 4.69) is 10.0 Å². The number of hydrogen-bond acceptors (Lipinski definition) is 7. The fourth-order valence-electron chi connectivity index (χ4n) is 4.89. The van der Waals surface area contributed by atoms with Gasteiger partial charge in [0.1, 0.15) is 0 Å². The van der Waals surface area contributed by atoms with Crippen LogP contribution in [0.1, 0.15) is 27.1 Å². The third-order valence-corrected chi connectivity index (χ3v) is 8.25. The van der Waals surface area contributed by atoms with E-state index in [4.69, 9.17) is 17.3 Å². The molecule has 0 radical (unpaired) electrons. The first-order chi connectivity index (χ1) is 18.5. The van der Waals surface area contributed by atoms with Crippen LogP contribution >= 0.6 is 11.6 Å². The van der Waals surface area contributed by atoms with E-state index in [0.29, 0.717) is 43.6 Å². The molecule has 0 atom stereocenters. The Hall–Kier alpha value is -3.93. The fraction of sp³-hybridized carbons (Fsp3) is 0.222. The molecule has 0 aliphatic carbocycles. The van der Waals surface area contributed by atoms with Gasteiger partial charge < -0.3 is 15.2 Å². The molecule has 0 saturated carbocycles. The molecule has 202 valence electrons. The Bertz CT molecular complexity index is 1800. The number of carbonyl (C=O) groups is 3. The number of sulfonamides is 1. The smallest absolute Gasteiger partial charge is 0.259 e. The number of rotatable bonds is 8. The Morgan fingerprint density at radius 2 is 1.74 bits per heavy atom. The molecule has 10 nitrogen and oxygen atoms in total. The SMILES string of the molecule is CN(C)CCS(=O)(=O)NC(=O)CCn1c2ccc(N)cc2c2c3c(c(-c4ccccc4Cl)cc21)C(=O)NC3=O. The van der Waals surface area contributed by atoms with E-state index >= 15 is 0 Å². The van der Waals surface area contributed by atoms with Crippen molar-refractivity contribution in [3.8, 4) is 11.1 Å². The number of imide groups is 1. The minimum absolute atomic E-state index is 0.106. The van der Waals surface area contributed by atoms with Crippen molar-refractivity contribution in [3.63, 3.8) is 0 Å². The van der Waals surface area contributed by atoms with Crippen LogP contribution in [-0.4, -0.2) is 62.0 Å². The number of hydrogen-bond donors (Lipinski definition) is 3. The van der Waals surface area contributed by atoms with Gasteiger partial charge in [-0.3, -0.25) is 24.4 Å². The van der Waals surface area contributed by atoms with E-state index < -0.39 is 27.7 Å². The summed E-state index contributed by atoms with van der Waals surface area (Å²) in [5.74, 6) is -1.93. The lowest BCUT2D eigenvalue weighted by atomic mass is 9.93. The van der Waals surface area contributed by atoms with E-state index in [1.54, 1.807) is 67.5 Å². The Labute approximate surface area is 229 Å². The molecule has 0 bridgehead atoms. The van der Waals surface area contributed by atoms with E-state index in [0.717, 1.165) is 0 Å². The van der Waals surface area contributed by atoms with Crippen molar-refractivity contribution in [1.82, 2.24) is 19.5 Å². The van der Waals surface area contributed by atoms with Gasteiger partial charge in [0.15, 0.2) is 0 Å². The van der Waals surface area contributed by atoms with Gasteiger partial charge in [-0.15, -0.1) is 0 Å². The third-order valence-electron chi connectivity index (χ3n) is 6.66. The highest BCUT2D eigenvalue weighted by molar-refractivity contribution is 7.90. The van der Waals surface area contributed by atoms with Crippen molar-refractivity contribution < 1.29 is 22.8 Å². The number of nitrogens with one attached hydrogen (secondary N) is 2. The lowest BCUT2D eigenvalue weighted by Crippen LogP contribution is -2.36. The van der Waals surface area contributed by atoms with Crippen molar-refractivity contribution in [3.05, 3.63) is 64.7 Å². The first kappa shape index (κ1) is 26.7. The molecular weight excluding hydrogens is 542 g/mol. The Balaban J connectivity index is 1.65. The molecule has 1 aromatic heterocycles. The number of nitrogens with two attached hydrogens (primary N) is 1. The molecule has 3 aromatic carbocycles. The maximum absolute atomic E-state index is 13.1. The topological polar surface area (TPSA) is 144 Å². The van der Waals surface area contributed by atoms with Crippen molar-refractivity contribution >= 4 is 66.8 Å². The summed E-state index contributed by atoms with van der Waals surface area (Å²) in [5, 5.41) is 3.95. The number of aryl methyl sites for hydroxylation is 1. The molecule has 2 heterocycles. The average Bonchev–Trinajstić information content (AvgIpc) is 3.33. The van der Waals surface area contributed by atoms with E-state index in [9.17, 15) is 22.8 Å². The van der Waals surface area contributed by atoms with Crippen molar-refractivity contribution in [2.75, 3.05) is 32.1 Å². The first-order valence-corrected chi connectivity index (χ1v) is 14.2. The Kier molecular flexibility index (Phi) is 6.83. The van der Waals surface area contributed by atoms with Crippen LogP contribution in [0.3, 0.4) is 0 Å². The van der Waals surface area contributed by atoms with E-state index in [1.165, 1.54) is 0 Å². The summed E-state index contributed by atoms with van der Waals surface area (Å²) in [6.45, 7) is 0.378. The predicted octanol–water partition coefficient (Wildman–Crippen LogP) is 2.98. The summed E-state index contributed by atoms with van der Waals surface area (Å²) < 4.78 is 28.6.